The summed E-state index contributed by atoms with van der Waals surface area (Å²) in [5, 5.41) is 9.11. The van der Waals surface area contributed by atoms with Gasteiger partial charge in [0.1, 0.15) is 5.75 Å². The number of benzene rings is 2. The quantitative estimate of drug-likeness (QED) is 0.911. The summed E-state index contributed by atoms with van der Waals surface area (Å²) in [5.74, 6) is -0.108. The van der Waals surface area contributed by atoms with Crippen LogP contribution in [0, 0.1) is 13.8 Å². The smallest absolute Gasteiger partial charge is 0.335 e. The van der Waals surface area contributed by atoms with E-state index >= 15 is 0 Å². The summed E-state index contributed by atoms with van der Waals surface area (Å²) in [5.41, 5.74) is 4.24. The Hall–Kier alpha value is -2.29. The Bertz CT molecular complexity index is 630. The molecule has 0 saturated heterocycles. The first-order chi connectivity index (χ1) is 9.01. The van der Waals surface area contributed by atoms with Gasteiger partial charge in [-0.15, -0.1) is 0 Å². The van der Waals surface area contributed by atoms with Crippen LogP contribution in [0.4, 0.5) is 0 Å². The highest BCUT2D eigenvalue weighted by Gasteiger charge is 2.09. The minimum atomic E-state index is -0.906. The third kappa shape index (κ3) is 2.76. The molecule has 2 aromatic carbocycles. The van der Waals surface area contributed by atoms with Gasteiger partial charge in [0, 0.05) is 0 Å². The van der Waals surface area contributed by atoms with Crippen LogP contribution in [0.15, 0.2) is 36.4 Å². The van der Waals surface area contributed by atoms with E-state index in [9.17, 15) is 4.79 Å². The van der Waals surface area contributed by atoms with E-state index in [1.54, 1.807) is 19.2 Å². The zero-order valence-electron chi connectivity index (χ0n) is 11.2. The lowest BCUT2D eigenvalue weighted by atomic mass is 9.97. The molecule has 0 radical (unpaired) electrons. The number of carbonyl (C=O) groups is 1. The van der Waals surface area contributed by atoms with Crippen molar-refractivity contribution in [1.82, 2.24) is 0 Å². The summed E-state index contributed by atoms with van der Waals surface area (Å²) in [6.07, 6.45) is 0. The second-order valence-corrected chi connectivity index (χ2v) is 4.57. The fourth-order valence-electron chi connectivity index (χ4n) is 2.15. The SMILES string of the molecule is COc1ccc(-c2cc(C)cc(C(=O)O)c2)c(C)c1. The van der Waals surface area contributed by atoms with Crippen LogP contribution in [-0.2, 0) is 0 Å². The van der Waals surface area contributed by atoms with E-state index < -0.39 is 5.97 Å². The number of ether oxygens (including phenoxy) is 1. The van der Waals surface area contributed by atoms with Gasteiger partial charge in [-0.1, -0.05) is 12.1 Å². The van der Waals surface area contributed by atoms with E-state index in [2.05, 4.69) is 0 Å². The van der Waals surface area contributed by atoms with Crippen LogP contribution in [0.25, 0.3) is 11.1 Å². The van der Waals surface area contributed by atoms with Crippen LogP contribution in [-0.4, -0.2) is 18.2 Å². The summed E-state index contributed by atoms with van der Waals surface area (Å²) in [6.45, 7) is 3.88. The van der Waals surface area contributed by atoms with Crippen molar-refractivity contribution in [3.8, 4) is 16.9 Å². The van der Waals surface area contributed by atoms with Gasteiger partial charge in [0.15, 0.2) is 0 Å². The lowest BCUT2D eigenvalue weighted by Gasteiger charge is -2.10. The maximum absolute atomic E-state index is 11.1. The van der Waals surface area contributed by atoms with E-state index in [-0.39, 0.29) is 0 Å². The fraction of sp³-hybridized carbons (Fsp3) is 0.188. The summed E-state index contributed by atoms with van der Waals surface area (Å²) in [4.78, 5) is 11.1. The number of hydrogen-bond donors (Lipinski definition) is 1. The summed E-state index contributed by atoms with van der Waals surface area (Å²) >= 11 is 0. The van der Waals surface area contributed by atoms with E-state index in [0.717, 1.165) is 28.0 Å². The highest BCUT2D eigenvalue weighted by atomic mass is 16.5. The first kappa shape index (κ1) is 13.1. The third-order valence-electron chi connectivity index (χ3n) is 3.07. The molecule has 0 atom stereocenters. The molecule has 0 heterocycles. The fourth-order valence-corrected chi connectivity index (χ4v) is 2.15. The van der Waals surface area contributed by atoms with E-state index in [1.165, 1.54) is 0 Å². The molecule has 19 heavy (non-hydrogen) atoms. The summed E-state index contributed by atoms with van der Waals surface area (Å²) < 4.78 is 5.18. The van der Waals surface area contributed by atoms with Crippen molar-refractivity contribution < 1.29 is 14.6 Å². The second-order valence-electron chi connectivity index (χ2n) is 4.57. The van der Waals surface area contributed by atoms with Gasteiger partial charge in [-0.05, 0) is 60.4 Å². The van der Waals surface area contributed by atoms with Crippen LogP contribution < -0.4 is 4.74 Å². The molecular formula is C16H16O3. The molecule has 0 aromatic heterocycles. The predicted octanol–water partition coefficient (Wildman–Crippen LogP) is 3.68. The van der Waals surface area contributed by atoms with E-state index in [4.69, 9.17) is 9.84 Å². The van der Waals surface area contributed by atoms with Gasteiger partial charge in [-0.3, -0.25) is 0 Å². The predicted molar refractivity (Wildman–Crippen MR) is 74.9 cm³/mol. The average Bonchev–Trinajstić information content (AvgIpc) is 2.37. The standard InChI is InChI=1S/C16H16O3/c1-10-6-12(9-13(7-10)16(17)18)15-5-4-14(19-3)8-11(15)2/h4-9H,1-3H3,(H,17,18). The van der Waals surface area contributed by atoms with Gasteiger partial charge >= 0.3 is 5.97 Å². The molecule has 3 nitrogen and oxygen atoms in total. The van der Waals surface area contributed by atoms with E-state index in [1.807, 2.05) is 38.1 Å². The molecule has 1 N–H and O–H groups in total. The minimum absolute atomic E-state index is 0.310. The normalized spacial score (nSPS) is 10.3. The van der Waals surface area contributed by atoms with Gasteiger partial charge < -0.3 is 9.84 Å². The largest absolute Gasteiger partial charge is 0.497 e. The van der Waals surface area contributed by atoms with Crippen LogP contribution in [0.5, 0.6) is 5.75 Å². The first-order valence-corrected chi connectivity index (χ1v) is 6.01. The maximum atomic E-state index is 11.1. The van der Waals surface area contributed by atoms with Crippen molar-refractivity contribution in [3.05, 3.63) is 53.1 Å². The molecule has 0 amide bonds. The first-order valence-electron chi connectivity index (χ1n) is 6.01. The zero-order chi connectivity index (χ0) is 14.0. The second kappa shape index (κ2) is 5.14. The van der Waals surface area contributed by atoms with Crippen molar-refractivity contribution >= 4 is 5.97 Å². The van der Waals surface area contributed by atoms with Crippen molar-refractivity contribution in [2.75, 3.05) is 7.11 Å². The molecule has 3 heteroatoms. The molecule has 0 bridgehead atoms. The molecular weight excluding hydrogens is 240 g/mol. The molecule has 98 valence electrons. The molecule has 0 fully saturated rings. The lowest BCUT2D eigenvalue weighted by molar-refractivity contribution is 0.0697. The number of hydrogen-bond acceptors (Lipinski definition) is 2. The van der Waals surface area contributed by atoms with Gasteiger partial charge in [0.05, 0.1) is 12.7 Å². The third-order valence-corrected chi connectivity index (χ3v) is 3.07. The molecule has 0 saturated carbocycles. The van der Waals surface area contributed by atoms with Gasteiger partial charge in [0.25, 0.3) is 0 Å². The molecule has 0 unspecified atom stereocenters. The van der Waals surface area contributed by atoms with E-state index in [0.29, 0.717) is 5.56 Å². The van der Waals surface area contributed by atoms with Crippen molar-refractivity contribution in [3.63, 3.8) is 0 Å². The van der Waals surface area contributed by atoms with Crippen LogP contribution in [0.2, 0.25) is 0 Å². The van der Waals surface area contributed by atoms with Crippen LogP contribution in [0.1, 0.15) is 21.5 Å². The monoisotopic (exact) mass is 256 g/mol. The molecule has 2 aromatic rings. The number of carboxylic acid groups (broad SMARTS) is 1. The van der Waals surface area contributed by atoms with Crippen LogP contribution >= 0.6 is 0 Å². The van der Waals surface area contributed by atoms with Crippen molar-refractivity contribution in [2.45, 2.75) is 13.8 Å². The van der Waals surface area contributed by atoms with Crippen LogP contribution in [0.3, 0.4) is 0 Å². The maximum Gasteiger partial charge on any atom is 0.335 e. The molecule has 0 aliphatic heterocycles. The molecule has 2 rings (SSSR count). The van der Waals surface area contributed by atoms with Gasteiger partial charge in [-0.25, -0.2) is 4.79 Å². The number of aryl methyl sites for hydroxylation is 2. The Morgan fingerprint density at radius 1 is 1.11 bits per heavy atom. The van der Waals surface area contributed by atoms with Gasteiger partial charge in [-0.2, -0.15) is 0 Å². The van der Waals surface area contributed by atoms with Crippen molar-refractivity contribution in [1.29, 1.82) is 0 Å². The van der Waals surface area contributed by atoms with Crippen molar-refractivity contribution in [2.24, 2.45) is 0 Å². The molecule has 0 aliphatic carbocycles. The Morgan fingerprint density at radius 2 is 1.84 bits per heavy atom. The Morgan fingerprint density at radius 3 is 2.42 bits per heavy atom. The zero-order valence-corrected chi connectivity index (χ0v) is 11.2. The Kier molecular flexibility index (Phi) is 3.56. The average molecular weight is 256 g/mol. The summed E-state index contributed by atoms with van der Waals surface area (Å²) in [7, 11) is 1.63. The summed E-state index contributed by atoms with van der Waals surface area (Å²) in [6, 6.07) is 11.1. The minimum Gasteiger partial charge on any atom is -0.497 e. The molecule has 0 aliphatic rings. The number of rotatable bonds is 3. The Labute approximate surface area is 112 Å². The topological polar surface area (TPSA) is 46.5 Å². The number of carboxylic acids is 1. The van der Waals surface area contributed by atoms with Gasteiger partial charge in [0.2, 0.25) is 0 Å². The molecule has 0 spiro atoms. The highest BCUT2D eigenvalue weighted by molar-refractivity contribution is 5.90. The highest BCUT2D eigenvalue weighted by Crippen LogP contribution is 2.28. The Balaban J connectivity index is 2.55. The number of methoxy groups -OCH3 is 1. The number of aromatic carboxylic acids is 1. The lowest BCUT2D eigenvalue weighted by Crippen LogP contribution is -1.98.